The monoisotopic (exact) mass is 160 g/mol. The minimum atomic E-state index is 0.167. The molecule has 0 saturated carbocycles. The van der Waals surface area contributed by atoms with Gasteiger partial charge in [-0.2, -0.15) is 0 Å². The molecule has 70 valence electrons. The van der Waals surface area contributed by atoms with Crippen LogP contribution in [0.25, 0.3) is 0 Å². The van der Waals surface area contributed by atoms with Gasteiger partial charge in [0.2, 0.25) is 0 Å². The highest BCUT2D eigenvalue weighted by molar-refractivity contribution is 5.72. The minimum Gasteiger partial charge on any atom is -0.300 e. The highest BCUT2D eigenvalue weighted by Gasteiger charge is 1.62. The zero-order chi connectivity index (χ0) is 10.3. The van der Waals surface area contributed by atoms with Crippen LogP contribution in [0.1, 0.15) is 48.0 Å². The predicted octanol–water partition coefficient (Wildman–Crippen LogP) is 3.84. The van der Waals surface area contributed by atoms with Crippen LogP contribution in [0.4, 0.5) is 0 Å². The molecule has 0 aromatic carbocycles. The van der Waals surface area contributed by atoms with Crippen molar-refractivity contribution in [3.63, 3.8) is 0 Å². The normalized spacial score (nSPS) is 4.91. The van der Waals surface area contributed by atoms with Crippen LogP contribution < -0.4 is 0 Å². The highest BCUT2D eigenvalue weighted by Crippen LogP contribution is 1.56. The second-order valence-electron chi connectivity index (χ2n) is 1.62. The predicted molar refractivity (Wildman–Crippen MR) is 54.9 cm³/mol. The standard InChI is InChI=1S/C3H6O.C3H8.C2H6.C2H4/c1-3(2)4;1-3-2;2*1-2/h1-2H3;3H2,1-2H3;1-2H3;1-2H2. The fourth-order valence-corrected chi connectivity index (χ4v) is 0. The maximum atomic E-state index is 9.44. The van der Waals surface area contributed by atoms with Gasteiger partial charge in [-0.25, -0.2) is 0 Å². The van der Waals surface area contributed by atoms with Crippen molar-refractivity contribution in [3.8, 4) is 0 Å². The van der Waals surface area contributed by atoms with Gasteiger partial charge in [-0.05, 0) is 13.8 Å². The maximum absolute atomic E-state index is 9.44. The van der Waals surface area contributed by atoms with Gasteiger partial charge < -0.3 is 4.79 Å². The number of hydrogen-bond donors (Lipinski definition) is 0. The molecule has 0 heterocycles. The first-order valence-corrected chi connectivity index (χ1v) is 4.12. The summed E-state index contributed by atoms with van der Waals surface area (Å²) in [6, 6.07) is 0. The Bertz CT molecular complexity index is 44.8. The van der Waals surface area contributed by atoms with Gasteiger partial charge in [-0.15, -0.1) is 13.2 Å². The van der Waals surface area contributed by atoms with Gasteiger partial charge in [0.1, 0.15) is 5.78 Å². The molecule has 0 bridgehead atoms. The Hall–Kier alpha value is -0.590. The lowest BCUT2D eigenvalue weighted by molar-refractivity contribution is -0.114. The molecule has 0 spiro atoms. The van der Waals surface area contributed by atoms with Gasteiger partial charge in [0.25, 0.3) is 0 Å². The first-order valence-electron chi connectivity index (χ1n) is 4.12. The second-order valence-corrected chi connectivity index (χ2v) is 1.62. The van der Waals surface area contributed by atoms with Crippen LogP contribution in [-0.4, -0.2) is 5.78 Å². The fraction of sp³-hybridized carbons (Fsp3) is 0.700. The van der Waals surface area contributed by atoms with Gasteiger partial charge in [0, 0.05) is 0 Å². The average Bonchev–Trinajstić information content (AvgIpc) is 1.96. The summed E-state index contributed by atoms with van der Waals surface area (Å²) in [5, 5.41) is 0. The molecule has 0 aliphatic carbocycles. The van der Waals surface area contributed by atoms with Crippen LogP contribution in [0.15, 0.2) is 13.2 Å². The van der Waals surface area contributed by atoms with Crippen LogP contribution >= 0.6 is 0 Å². The van der Waals surface area contributed by atoms with E-state index >= 15 is 0 Å². The van der Waals surface area contributed by atoms with Crippen LogP contribution in [0, 0.1) is 0 Å². The Kier molecular flexibility index (Phi) is 117. The number of rotatable bonds is 0. The molecule has 1 heteroatoms. The lowest BCUT2D eigenvalue weighted by Crippen LogP contribution is -1.69. The Balaban J connectivity index is -0.0000000315. The smallest absolute Gasteiger partial charge is 0.126 e. The van der Waals surface area contributed by atoms with Crippen molar-refractivity contribution in [2.75, 3.05) is 0 Å². The van der Waals surface area contributed by atoms with Gasteiger partial charge in [0.05, 0.1) is 0 Å². The van der Waals surface area contributed by atoms with Crippen molar-refractivity contribution < 1.29 is 4.79 Å². The molecule has 11 heavy (non-hydrogen) atoms. The summed E-state index contributed by atoms with van der Waals surface area (Å²) >= 11 is 0. The van der Waals surface area contributed by atoms with Crippen LogP contribution in [0.2, 0.25) is 0 Å². The quantitative estimate of drug-likeness (QED) is 0.492. The van der Waals surface area contributed by atoms with E-state index in [0.29, 0.717) is 0 Å². The topological polar surface area (TPSA) is 17.1 Å². The summed E-state index contributed by atoms with van der Waals surface area (Å²) in [6.45, 7) is 17.3. The maximum Gasteiger partial charge on any atom is 0.126 e. The molecule has 0 amide bonds. The van der Waals surface area contributed by atoms with E-state index in [4.69, 9.17) is 0 Å². The summed E-state index contributed by atoms with van der Waals surface area (Å²) in [5.74, 6) is 0.167. The number of carbonyl (C=O) groups excluding carboxylic acids is 1. The third kappa shape index (κ3) is 1480. The summed E-state index contributed by atoms with van der Waals surface area (Å²) in [5.41, 5.74) is 0. The van der Waals surface area contributed by atoms with E-state index in [9.17, 15) is 4.79 Å². The Morgan fingerprint density at radius 2 is 1.09 bits per heavy atom. The zero-order valence-electron chi connectivity index (χ0n) is 9.03. The number of Topliss-reactive ketones (excluding diaryl/α,β-unsaturated/α-hetero) is 1. The number of hydrogen-bond acceptors (Lipinski definition) is 1. The van der Waals surface area contributed by atoms with E-state index in [1.54, 1.807) is 0 Å². The minimum absolute atomic E-state index is 0.167. The third-order valence-corrected chi connectivity index (χ3v) is 0. The van der Waals surface area contributed by atoms with Crippen LogP contribution in [-0.2, 0) is 4.79 Å². The average molecular weight is 160 g/mol. The molecule has 0 rings (SSSR count). The van der Waals surface area contributed by atoms with Crippen LogP contribution in [0.5, 0.6) is 0 Å². The molecule has 0 aliphatic rings. The molecule has 0 radical (unpaired) electrons. The lowest BCUT2D eigenvalue weighted by atomic mass is 10.6. The lowest BCUT2D eigenvalue weighted by Gasteiger charge is -1.56. The van der Waals surface area contributed by atoms with Gasteiger partial charge in [-0.3, -0.25) is 0 Å². The van der Waals surface area contributed by atoms with Crippen molar-refractivity contribution in [1.29, 1.82) is 0 Å². The van der Waals surface area contributed by atoms with Gasteiger partial charge >= 0.3 is 0 Å². The Labute approximate surface area is 72.5 Å². The van der Waals surface area contributed by atoms with E-state index in [1.165, 1.54) is 20.3 Å². The summed E-state index contributed by atoms with van der Waals surface area (Å²) in [4.78, 5) is 9.44. The Morgan fingerprint density at radius 3 is 1.09 bits per heavy atom. The van der Waals surface area contributed by atoms with E-state index in [2.05, 4.69) is 27.0 Å². The molecule has 0 aliphatic heterocycles. The van der Waals surface area contributed by atoms with Crippen molar-refractivity contribution in [2.45, 2.75) is 48.0 Å². The summed E-state index contributed by atoms with van der Waals surface area (Å²) in [7, 11) is 0. The number of ketones is 1. The summed E-state index contributed by atoms with van der Waals surface area (Å²) < 4.78 is 0. The first kappa shape index (κ1) is 22.4. The van der Waals surface area contributed by atoms with Gasteiger partial charge in [-0.1, -0.05) is 34.1 Å². The molecule has 0 aromatic rings. The molecule has 0 atom stereocenters. The fourth-order valence-electron chi connectivity index (χ4n) is 0. The molecule has 0 aromatic heterocycles. The summed E-state index contributed by atoms with van der Waals surface area (Å²) in [6.07, 6.45) is 1.25. The molecule has 1 nitrogen and oxygen atoms in total. The Morgan fingerprint density at radius 1 is 1.09 bits per heavy atom. The molecule has 0 fully saturated rings. The SMILES string of the molecule is C=C.CC.CC(C)=O.CCC. The molecule has 0 unspecified atom stereocenters. The first-order chi connectivity index (χ1) is 5.15. The van der Waals surface area contributed by atoms with Crippen LogP contribution in [0.3, 0.4) is 0 Å². The van der Waals surface area contributed by atoms with Gasteiger partial charge in [0.15, 0.2) is 0 Å². The molecule has 0 saturated heterocycles. The van der Waals surface area contributed by atoms with Crippen molar-refractivity contribution in [3.05, 3.63) is 13.2 Å². The zero-order valence-corrected chi connectivity index (χ0v) is 9.03. The van der Waals surface area contributed by atoms with E-state index in [0.717, 1.165) is 0 Å². The number of carbonyl (C=O) groups is 1. The molecular formula is C10H24O. The third-order valence-electron chi connectivity index (χ3n) is 0. The highest BCUT2D eigenvalue weighted by atomic mass is 16.1. The van der Waals surface area contributed by atoms with Crippen molar-refractivity contribution >= 4 is 5.78 Å². The van der Waals surface area contributed by atoms with E-state index in [-0.39, 0.29) is 5.78 Å². The molecule has 0 N–H and O–H groups in total. The van der Waals surface area contributed by atoms with Crippen molar-refractivity contribution in [1.82, 2.24) is 0 Å². The van der Waals surface area contributed by atoms with E-state index in [1.807, 2.05) is 13.8 Å². The largest absolute Gasteiger partial charge is 0.300 e. The van der Waals surface area contributed by atoms with Crippen molar-refractivity contribution in [2.24, 2.45) is 0 Å². The van der Waals surface area contributed by atoms with E-state index < -0.39 is 0 Å². The molecular weight excluding hydrogens is 136 g/mol. The second kappa shape index (κ2) is 57.2.